The maximum Gasteiger partial charge on any atom is 0.238 e. The Labute approximate surface area is 116 Å². The molecule has 0 aliphatic carbocycles. The molecule has 1 aromatic rings. The van der Waals surface area contributed by atoms with Gasteiger partial charge < -0.3 is 15.7 Å². The molecule has 4 nitrogen and oxygen atoms in total. The van der Waals surface area contributed by atoms with Gasteiger partial charge in [0.1, 0.15) is 0 Å². The van der Waals surface area contributed by atoms with E-state index >= 15 is 0 Å². The Morgan fingerprint density at radius 2 is 1.94 bits per heavy atom. The fraction of sp³-hybridized carbons (Fsp3) is 0.462. The smallest absolute Gasteiger partial charge is 0.238 e. The number of rotatable bonds is 6. The minimum atomic E-state index is -0.244. The Balaban J connectivity index is 2.40. The summed E-state index contributed by atoms with van der Waals surface area (Å²) in [6, 6.07) is 7.42. The molecule has 18 heavy (non-hydrogen) atoms. The van der Waals surface area contributed by atoms with E-state index in [-0.39, 0.29) is 24.6 Å². The normalized spacial score (nSPS) is 11.3. The van der Waals surface area contributed by atoms with Crippen LogP contribution in [0.3, 0.4) is 0 Å². The van der Waals surface area contributed by atoms with Crippen molar-refractivity contribution < 1.29 is 9.90 Å². The molecule has 0 heterocycles. The Morgan fingerprint density at radius 3 is 2.50 bits per heavy atom. The number of anilines is 1. The van der Waals surface area contributed by atoms with Crippen molar-refractivity contribution in [3.63, 3.8) is 0 Å². The van der Waals surface area contributed by atoms with Crippen LogP contribution >= 0.6 is 15.9 Å². The molecule has 0 aromatic heterocycles. The third kappa shape index (κ3) is 5.62. The minimum absolute atomic E-state index is 0.0941. The van der Waals surface area contributed by atoms with E-state index in [4.69, 9.17) is 5.11 Å². The lowest BCUT2D eigenvalue weighted by molar-refractivity contribution is -0.115. The van der Waals surface area contributed by atoms with Crippen molar-refractivity contribution >= 4 is 27.5 Å². The Kier molecular flexibility index (Phi) is 5.78. The van der Waals surface area contributed by atoms with Crippen molar-refractivity contribution in [1.29, 1.82) is 0 Å². The van der Waals surface area contributed by atoms with Gasteiger partial charge in [0, 0.05) is 22.3 Å². The first-order chi connectivity index (χ1) is 8.43. The van der Waals surface area contributed by atoms with E-state index in [1.54, 1.807) is 0 Å². The number of aliphatic hydroxyl groups is 1. The second-order valence-corrected chi connectivity index (χ2v) is 5.68. The molecule has 1 aromatic carbocycles. The molecule has 0 radical (unpaired) electrons. The van der Waals surface area contributed by atoms with Crippen molar-refractivity contribution in [3.8, 4) is 0 Å². The van der Waals surface area contributed by atoms with Crippen LogP contribution in [0.4, 0.5) is 5.69 Å². The van der Waals surface area contributed by atoms with Crippen LogP contribution in [0.15, 0.2) is 28.7 Å². The van der Waals surface area contributed by atoms with Gasteiger partial charge in [0.15, 0.2) is 0 Å². The SMILES string of the molecule is CC(C)(CCO)NCC(=O)Nc1ccc(Br)cc1. The standard InChI is InChI=1S/C13H19BrN2O2/c1-13(2,7-8-17)15-9-12(18)16-11-5-3-10(14)4-6-11/h3-6,15,17H,7-9H2,1-2H3,(H,16,18). The molecule has 3 N–H and O–H groups in total. The van der Waals surface area contributed by atoms with Crippen LogP contribution in [0.5, 0.6) is 0 Å². The summed E-state index contributed by atoms with van der Waals surface area (Å²) in [5.41, 5.74) is 0.524. The highest BCUT2D eigenvalue weighted by Crippen LogP contribution is 2.14. The van der Waals surface area contributed by atoms with E-state index in [1.165, 1.54) is 0 Å². The van der Waals surface area contributed by atoms with Crippen molar-refractivity contribution in [2.24, 2.45) is 0 Å². The van der Waals surface area contributed by atoms with Gasteiger partial charge in [-0.25, -0.2) is 0 Å². The second-order valence-electron chi connectivity index (χ2n) is 4.77. The van der Waals surface area contributed by atoms with E-state index < -0.39 is 0 Å². The number of benzene rings is 1. The van der Waals surface area contributed by atoms with E-state index in [1.807, 2.05) is 38.1 Å². The maximum atomic E-state index is 11.7. The van der Waals surface area contributed by atoms with Crippen LogP contribution in [0.1, 0.15) is 20.3 Å². The van der Waals surface area contributed by atoms with Gasteiger partial charge in [-0.1, -0.05) is 15.9 Å². The number of nitrogens with one attached hydrogen (secondary N) is 2. The zero-order valence-corrected chi connectivity index (χ0v) is 12.3. The highest BCUT2D eigenvalue weighted by atomic mass is 79.9. The Morgan fingerprint density at radius 1 is 1.33 bits per heavy atom. The molecule has 0 unspecified atom stereocenters. The van der Waals surface area contributed by atoms with Crippen LogP contribution in [-0.4, -0.2) is 29.7 Å². The van der Waals surface area contributed by atoms with Crippen molar-refractivity contribution in [3.05, 3.63) is 28.7 Å². The molecule has 0 atom stereocenters. The van der Waals surface area contributed by atoms with Crippen molar-refractivity contribution in [2.45, 2.75) is 25.8 Å². The number of halogens is 1. The third-order valence-corrected chi connectivity index (χ3v) is 3.12. The number of hydrogen-bond donors (Lipinski definition) is 3. The fourth-order valence-corrected chi connectivity index (χ4v) is 1.69. The van der Waals surface area contributed by atoms with Gasteiger partial charge in [0.2, 0.25) is 5.91 Å². The van der Waals surface area contributed by atoms with E-state index in [9.17, 15) is 4.79 Å². The molecule has 0 saturated heterocycles. The van der Waals surface area contributed by atoms with Crippen LogP contribution in [-0.2, 0) is 4.79 Å². The van der Waals surface area contributed by atoms with Gasteiger partial charge in [-0.05, 0) is 44.5 Å². The molecule has 0 fully saturated rings. The van der Waals surface area contributed by atoms with E-state index in [0.717, 1.165) is 10.2 Å². The molecule has 0 bridgehead atoms. The van der Waals surface area contributed by atoms with Crippen LogP contribution < -0.4 is 10.6 Å². The number of carbonyl (C=O) groups excluding carboxylic acids is 1. The van der Waals surface area contributed by atoms with Gasteiger partial charge in [0.05, 0.1) is 6.54 Å². The predicted molar refractivity (Wildman–Crippen MR) is 76.6 cm³/mol. The Bertz CT molecular complexity index is 390. The summed E-state index contributed by atoms with van der Waals surface area (Å²) < 4.78 is 0.975. The first kappa shape index (κ1) is 15.1. The van der Waals surface area contributed by atoms with Crippen LogP contribution in [0, 0.1) is 0 Å². The highest BCUT2D eigenvalue weighted by Gasteiger charge is 2.17. The lowest BCUT2D eigenvalue weighted by Gasteiger charge is -2.25. The number of carbonyl (C=O) groups is 1. The average Bonchev–Trinajstić information content (AvgIpc) is 2.30. The topological polar surface area (TPSA) is 61.4 Å². The molecule has 0 spiro atoms. The molecule has 0 aliphatic heterocycles. The van der Waals surface area contributed by atoms with E-state index in [2.05, 4.69) is 26.6 Å². The largest absolute Gasteiger partial charge is 0.396 e. The molecule has 5 heteroatoms. The van der Waals surface area contributed by atoms with Gasteiger partial charge in [-0.15, -0.1) is 0 Å². The minimum Gasteiger partial charge on any atom is -0.396 e. The third-order valence-electron chi connectivity index (χ3n) is 2.59. The fourth-order valence-electron chi connectivity index (χ4n) is 1.43. The highest BCUT2D eigenvalue weighted by molar-refractivity contribution is 9.10. The van der Waals surface area contributed by atoms with Crippen molar-refractivity contribution in [2.75, 3.05) is 18.5 Å². The summed E-state index contributed by atoms with van der Waals surface area (Å²) in [5, 5.41) is 14.8. The monoisotopic (exact) mass is 314 g/mol. The molecule has 1 amide bonds. The molecule has 0 saturated carbocycles. The van der Waals surface area contributed by atoms with Gasteiger partial charge in [-0.2, -0.15) is 0 Å². The van der Waals surface area contributed by atoms with Gasteiger partial charge in [-0.3, -0.25) is 4.79 Å². The summed E-state index contributed by atoms with van der Waals surface area (Å²) in [5.74, 6) is -0.0941. The first-order valence-electron chi connectivity index (χ1n) is 5.84. The summed E-state index contributed by atoms with van der Waals surface area (Å²) in [4.78, 5) is 11.7. The zero-order valence-electron chi connectivity index (χ0n) is 10.7. The van der Waals surface area contributed by atoms with Gasteiger partial charge >= 0.3 is 0 Å². The molecular formula is C13H19BrN2O2. The molecule has 0 aliphatic rings. The summed E-state index contributed by atoms with van der Waals surface area (Å²) in [7, 11) is 0. The average molecular weight is 315 g/mol. The zero-order chi connectivity index (χ0) is 13.6. The molecule has 1 rings (SSSR count). The number of amides is 1. The maximum absolute atomic E-state index is 11.7. The summed E-state index contributed by atoms with van der Waals surface area (Å²) in [6.45, 7) is 4.24. The van der Waals surface area contributed by atoms with E-state index in [0.29, 0.717) is 6.42 Å². The second kappa shape index (κ2) is 6.87. The first-order valence-corrected chi connectivity index (χ1v) is 6.63. The molecular weight excluding hydrogens is 296 g/mol. The number of hydrogen-bond acceptors (Lipinski definition) is 3. The Hall–Kier alpha value is -0.910. The lowest BCUT2D eigenvalue weighted by atomic mass is 10.0. The molecule has 100 valence electrons. The predicted octanol–water partition coefficient (Wildman–Crippen LogP) is 2.14. The number of aliphatic hydroxyl groups excluding tert-OH is 1. The lowest BCUT2D eigenvalue weighted by Crippen LogP contribution is -2.44. The summed E-state index contributed by atoms with van der Waals surface area (Å²) >= 11 is 3.34. The van der Waals surface area contributed by atoms with Crippen LogP contribution in [0.25, 0.3) is 0 Å². The summed E-state index contributed by atoms with van der Waals surface area (Å²) in [6.07, 6.45) is 0.610. The van der Waals surface area contributed by atoms with Crippen LogP contribution in [0.2, 0.25) is 0 Å². The quantitative estimate of drug-likeness (QED) is 0.754. The van der Waals surface area contributed by atoms with Crippen molar-refractivity contribution in [1.82, 2.24) is 5.32 Å². The van der Waals surface area contributed by atoms with Gasteiger partial charge in [0.25, 0.3) is 0 Å².